The van der Waals surface area contributed by atoms with Crippen LogP contribution >= 0.6 is 0 Å². The van der Waals surface area contributed by atoms with Crippen LogP contribution in [0.25, 0.3) is 0 Å². The highest BCUT2D eigenvalue weighted by Crippen LogP contribution is 2.56. The zero-order chi connectivity index (χ0) is 15.3. The molecule has 1 aliphatic heterocycles. The Morgan fingerprint density at radius 2 is 1.95 bits per heavy atom. The van der Waals surface area contributed by atoms with Crippen LogP contribution in [0.4, 0.5) is 0 Å². The minimum atomic E-state index is -0.880. The summed E-state index contributed by atoms with van der Waals surface area (Å²) in [6, 6.07) is 10.5. The molecule has 0 spiro atoms. The summed E-state index contributed by atoms with van der Waals surface area (Å²) in [5, 5.41) is 11.3. The minimum Gasteiger partial charge on any atom is -0.389 e. The first-order valence-electron chi connectivity index (χ1n) is 7.85. The maximum Gasteiger partial charge on any atom is 0.136 e. The predicted octanol–water partition coefficient (Wildman–Crippen LogP) is 2.59. The summed E-state index contributed by atoms with van der Waals surface area (Å²) in [5.41, 5.74) is 0.0209. The van der Waals surface area contributed by atoms with Crippen LogP contribution in [0, 0.1) is 5.41 Å². The van der Waals surface area contributed by atoms with E-state index in [-0.39, 0.29) is 17.1 Å². The number of Topliss-reactive ketones (excluding diaryl/α,β-unsaturated/α-hetero) is 1. The lowest BCUT2D eigenvalue weighted by Gasteiger charge is -2.59. The number of benzene rings is 1. The lowest BCUT2D eigenvalue weighted by atomic mass is 9.53. The Morgan fingerprint density at radius 1 is 1.29 bits per heavy atom. The predicted molar refractivity (Wildman–Crippen MR) is 83.2 cm³/mol. The summed E-state index contributed by atoms with van der Waals surface area (Å²) < 4.78 is 0. The van der Waals surface area contributed by atoms with Crippen molar-refractivity contribution < 1.29 is 9.90 Å². The Bertz CT molecular complexity index is 543. The van der Waals surface area contributed by atoms with Crippen molar-refractivity contribution in [2.24, 2.45) is 5.41 Å². The first-order chi connectivity index (χ1) is 9.86. The molecule has 0 bridgehead atoms. The van der Waals surface area contributed by atoms with Crippen LogP contribution in [0.3, 0.4) is 0 Å². The number of carbonyl (C=O) groups excluding carboxylic acids is 1. The van der Waals surface area contributed by atoms with Crippen LogP contribution in [-0.4, -0.2) is 41.0 Å². The highest BCUT2D eigenvalue weighted by atomic mass is 16.3. The monoisotopic (exact) mass is 287 g/mol. The number of aliphatic hydroxyl groups is 1. The molecular formula is C18H25NO2. The molecule has 3 heteroatoms. The number of hydrogen-bond donors (Lipinski definition) is 1. The number of ketones is 1. The molecule has 1 aromatic carbocycles. The van der Waals surface area contributed by atoms with Gasteiger partial charge in [0.15, 0.2) is 0 Å². The largest absolute Gasteiger partial charge is 0.389 e. The molecule has 2 fully saturated rings. The molecule has 0 amide bonds. The van der Waals surface area contributed by atoms with Crippen molar-refractivity contribution in [1.29, 1.82) is 0 Å². The van der Waals surface area contributed by atoms with Crippen LogP contribution < -0.4 is 0 Å². The van der Waals surface area contributed by atoms with Crippen molar-refractivity contribution in [2.75, 3.05) is 13.6 Å². The lowest BCUT2D eigenvalue weighted by Crippen LogP contribution is -2.65. The topological polar surface area (TPSA) is 40.5 Å². The summed E-state index contributed by atoms with van der Waals surface area (Å²) in [7, 11) is 2.12. The van der Waals surface area contributed by atoms with Crippen LogP contribution in [-0.2, 0) is 4.79 Å². The number of piperidine rings is 1. The van der Waals surface area contributed by atoms with Gasteiger partial charge in [0, 0.05) is 36.8 Å². The molecule has 3 rings (SSSR count). The second kappa shape index (κ2) is 4.92. The lowest BCUT2D eigenvalue weighted by molar-refractivity contribution is -0.176. The second-order valence-electron chi connectivity index (χ2n) is 7.30. The number of rotatable bonds is 1. The quantitative estimate of drug-likeness (QED) is 0.863. The molecule has 1 aliphatic carbocycles. The van der Waals surface area contributed by atoms with Gasteiger partial charge in [0.25, 0.3) is 0 Å². The van der Waals surface area contributed by atoms with E-state index in [4.69, 9.17) is 0 Å². The van der Waals surface area contributed by atoms with Crippen molar-refractivity contribution in [1.82, 2.24) is 4.90 Å². The normalized spacial score (nSPS) is 40.9. The zero-order valence-corrected chi connectivity index (χ0v) is 13.2. The molecule has 1 saturated carbocycles. The molecule has 1 N–H and O–H groups in total. The van der Waals surface area contributed by atoms with Gasteiger partial charge in [-0.25, -0.2) is 0 Å². The summed E-state index contributed by atoms with van der Waals surface area (Å²) in [6.07, 6.45) is 1.53. The van der Waals surface area contributed by atoms with Crippen molar-refractivity contribution in [2.45, 2.75) is 50.7 Å². The van der Waals surface area contributed by atoms with E-state index in [2.05, 4.69) is 37.9 Å². The molecule has 0 radical (unpaired) electrons. The summed E-state index contributed by atoms with van der Waals surface area (Å²) >= 11 is 0. The molecule has 2 aliphatic rings. The van der Waals surface area contributed by atoms with Gasteiger partial charge in [-0.05, 0) is 26.0 Å². The number of carbonyl (C=O) groups is 1. The average molecular weight is 287 g/mol. The highest BCUT2D eigenvalue weighted by molar-refractivity contribution is 5.82. The molecule has 0 aromatic heterocycles. The van der Waals surface area contributed by atoms with Gasteiger partial charge in [-0.3, -0.25) is 4.79 Å². The average Bonchev–Trinajstić information content (AvgIpc) is 2.42. The van der Waals surface area contributed by atoms with Gasteiger partial charge in [-0.1, -0.05) is 37.3 Å². The second-order valence-corrected chi connectivity index (χ2v) is 7.30. The van der Waals surface area contributed by atoms with Gasteiger partial charge >= 0.3 is 0 Å². The first-order valence-corrected chi connectivity index (χ1v) is 7.85. The Hall–Kier alpha value is -1.19. The van der Waals surface area contributed by atoms with E-state index in [0.717, 1.165) is 6.54 Å². The van der Waals surface area contributed by atoms with Crippen molar-refractivity contribution in [3.05, 3.63) is 35.9 Å². The van der Waals surface area contributed by atoms with Gasteiger partial charge in [-0.2, -0.15) is 0 Å². The molecule has 1 aromatic rings. The van der Waals surface area contributed by atoms with Gasteiger partial charge < -0.3 is 10.0 Å². The molecule has 0 unspecified atom stereocenters. The standard InChI is InChI=1S/C18H25NO2/c1-13-10-18(21)11-15(20)9-16(14-7-5-4-6-8-14)17(18,2)12-19(13)3/h4-8,13,16,21H,9-12H2,1-3H3/t13-,16+,17+,18+/m1/s1. The highest BCUT2D eigenvalue weighted by Gasteiger charge is 2.59. The van der Waals surface area contributed by atoms with E-state index in [1.165, 1.54) is 5.56 Å². The van der Waals surface area contributed by atoms with E-state index in [0.29, 0.717) is 25.3 Å². The van der Waals surface area contributed by atoms with Crippen LogP contribution in [0.5, 0.6) is 0 Å². The van der Waals surface area contributed by atoms with Crippen LogP contribution in [0.2, 0.25) is 0 Å². The third kappa shape index (κ3) is 2.23. The van der Waals surface area contributed by atoms with E-state index < -0.39 is 5.60 Å². The third-order valence-corrected chi connectivity index (χ3v) is 5.92. The Kier molecular flexibility index (Phi) is 3.45. The third-order valence-electron chi connectivity index (χ3n) is 5.92. The van der Waals surface area contributed by atoms with Crippen LogP contribution in [0.15, 0.2) is 30.3 Å². The number of fused-ring (bicyclic) bond motifs is 1. The van der Waals surface area contributed by atoms with Gasteiger partial charge in [0.2, 0.25) is 0 Å². The Morgan fingerprint density at radius 3 is 2.62 bits per heavy atom. The van der Waals surface area contributed by atoms with Crippen molar-refractivity contribution >= 4 is 5.78 Å². The summed E-state index contributed by atoms with van der Waals surface area (Å²) in [5.74, 6) is 0.292. The molecule has 3 nitrogen and oxygen atoms in total. The smallest absolute Gasteiger partial charge is 0.136 e. The molecule has 1 saturated heterocycles. The molecule has 21 heavy (non-hydrogen) atoms. The Balaban J connectivity index is 2.06. The Labute approximate surface area is 127 Å². The maximum absolute atomic E-state index is 12.3. The SMILES string of the molecule is C[C@@H]1C[C@]2(O)CC(=O)C[C@@H](c3ccccc3)[C@]2(C)CN1C. The molecule has 4 atom stereocenters. The van der Waals surface area contributed by atoms with Crippen molar-refractivity contribution in [3.8, 4) is 0 Å². The van der Waals surface area contributed by atoms with E-state index in [9.17, 15) is 9.90 Å². The molecule has 1 heterocycles. The van der Waals surface area contributed by atoms with Gasteiger partial charge in [0.05, 0.1) is 5.60 Å². The first kappa shape index (κ1) is 14.7. The summed E-state index contributed by atoms with van der Waals surface area (Å²) in [4.78, 5) is 14.6. The molecular weight excluding hydrogens is 262 g/mol. The van der Waals surface area contributed by atoms with E-state index in [1.54, 1.807) is 0 Å². The fraction of sp³-hybridized carbons (Fsp3) is 0.611. The van der Waals surface area contributed by atoms with Crippen LogP contribution in [0.1, 0.15) is 44.6 Å². The zero-order valence-electron chi connectivity index (χ0n) is 13.2. The van der Waals surface area contributed by atoms with Gasteiger partial charge in [0.1, 0.15) is 5.78 Å². The number of likely N-dealkylation sites (tertiary alicyclic amines) is 1. The maximum atomic E-state index is 12.3. The molecule has 114 valence electrons. The van der Waals surface area contributed by atoms with E-state index >= 15 is 0 Å². The summed E-state index contributed by atoms with van der Waals surface area (Å²) in [6.45, 7) is 5.13. The van der Waals surface area contributed by atoms with Crippen molar-refractivity contribution in [3.63, 3.8) is 0 Å². The fourth-order valence-electron chi connectivity index (χ4n) is 4.43. The number of hydrogen-bond acceptors (Lipinski definition) is 3. The fourth-order valence-corrected chi connectivity index (χ4v) is 4.43. The van der Waals surface area contributed by atoms with Gasteiger partial charge in [-0.15, -0.1) is 0 Å². The van der Waals surface area contributed by atoms with E-state index in [1.807, 2.05) is 18.2 Å². The minimum absolute atomic E-state index is 0.0971. The number of nitrogens with zero attached hydrogens (tertiary/aromatic N) is 1.